The fraction of sp³-hybridized carbons (Fsp3) is 0.510. The molecule has 5 aliphatic rings. The van der Waals surface area contributed by atoms with Crippen molar-refractivity contribution in [1.29, 1.82) is 0 Å². The zero-order valence-corrected chi connectivity index (χ0v) is 35.2. The minimum Gasteiger partial charge on any atom is -0.508 e. The Balaban J connectivity index is 1.33. The molecule has 0 amide bonds. The number of fused-ring (bicyclic) bond motifs is 7. The fourth-order valence-corrected chi connectivity index (χ4v) is 11.3. The smallest absolute Gasteiger partial charge is 0.334 e. The number of hydrogen-bond acceptors (Lipinski definition) is 10. The van der Waals surface area contributed by atoms with Gasteiger partial charge in [0.05, 0.1) is 25.0 Å². The summed E-state index contributed by atoms with van der Waals surface area (Å²) in [5, 5.41) is 58.9. The summed E-state index contributed by atoms with van der Waals surface area (Å²) in [6.07, 6.45) is 5.64. The topological polar surface area (TPSA) is 171 Å². The molecule has 10 nitrogen and oxygen atoms in total. The maximum absolute atomic E-state index is 15.1. The maximum Gasteiger partial charge on any atom is 0.334 e. The molecule has 2 aliphatic carbocycles. The predicted octanol–water partition coefficient (Wildman–Crippen LogP) is 7.21. The third kappa shape index (κ3) is 8.49. The molecule has 3 heterocycles. The van der Waals surface area contributed by atoms with Crippen LogP contribution in [0.25, 0.3) is 0 Å². The fourth-order valence-electron chi connectivity index (χ4n) is 11.3. The van der Waals surface area contributed by atoms with E-state index >= 15 is 4.79 Å². The molecule has 0 saturated heterocycles. The van der Waals surface area contributed by atoms with Crippen molar-refractivity contribution in [2.45, 2.75) is 140 Å². The number of carbonyl (C=O) groups excluding carboxylic acids is 3. The van der Waals surface area contributed by atoms with Crippen molar-refractivity contribution in [3.8, 4) is 29.1 Å². The summed E-state index contributed by atoms with van der Waals surface area (Å²) in [4.78, 5) is 41.9. The molecule has 3 aromatic rings. The standard InChI is InChI=1S/C51H58O10/c1-3-5-6-10-39-36(28-52)21-33(24-46(39)56)31-11-12-32-26-49(57)60-47-27-45(55)34(23-41(32)47)25-48-51(59)37(4-2)13-14-40-42(44(54)16-15-43(40)51)19-30-9-7-8-29(17-30)18-38(53)22-35(20-31)50(58)61-48/h7-9,17,21-24,27,31-32,37-38,40,42-43,48,52-53,55-56,59H,3-6,10,13-16,18-20,25-26,28H2,1-2H3/b35-22-/t31-,32+,37+,38-,40-,42+,43-,48-,51+/m1/s1. The van der Waals surface area contributed by atoms with Crippen molar-refractivity contribution in [3.63, 3.8) is 0 Å². The molecule has 0 unspecified atom stereocenters. The first-order chi connectivity index (χ1) is 29.4. The van der Waals surface area contributed by atoms with E-state index in [0.29, 0.717) is 59.9 Å². The van der Waals surface area contributed by atoms with Crippen LogP contribution in [0.3, 0.4) is 0 Å². The minimum atomic E-state index is -1.60. The summed E-state index contributed by atoms with van der Waals surface area (Å²) in [5.41, 5.74) is 3.01. The normalized spacial score (nSPS) is 30.7. The minimum absolute atomic E-state index is 0.0108. The van der Waals surface area contributed by atoms with Gasteiger partial charge in [0.15, 0.2) is 0 Å². The van der Waals surface area contributed by atoms with E-state index < -0.39 is 47.5 Å². The second-order valence-corrected chi connectivity index (χ2v) is 18.1. The Morgan fingerprint density at radius 3 is 2.41 bits per heavy atom. The SMILES string of the molecule is CCCCCc1c(O)cc([C@@H]2C#C[C@H]3CC(=O)Oc4cc(O)c(cc43)C[C@H]3OC(=O)/C(=C\[C@H](O)Cc4cccc(c4)C[C@@H]4C(=O)CC[C@@H]5[C@@H]4CC[C@H](CC)[C@]53O)C2)cc1CO. The van der Waals surface area contributed by atoms with Gasteiger partial charge in [-0.05, 0) is 114 Å². The van der Waals surface area contributed by atoms with Crippen LogP contribution in [0.4, 0.5) is 0 Å². The molecule has 0 radical (unpaired) electrons. The number of esters is 2. The second kappa shape index (κ2) is 17.8. The molecule has 0 spiro atoms. The summed E-state index contributed by atoms with van der Waals surface area (Å²) >= 11 is 0. The van der Waals surface area contributed by atoms with Gasteiger partial charge in [-0.3, -0.25) is 9.59 Å². The van der Waals surface area contributed by atoms with E-state index in [1.54, 1.807) is 18.2 Å². The molecule has 322 valence electrons. The highest BCUT2D eigenvalue weighted by molar-refractivity contribution is 5.89. The molecule has 61 heavy (non-hydrogen) atoms. The van der Waals surface area contributed by atoms with Crippen LogP contribution in [0.15, 0.2) is 60.2 Å². The number of hydrogen-bond donors (Lipinski definition) is 5. The van der Waals surface area contributed by atoms with Crippen LogP contribution in [-0.2, 0) is 51.4 Å². The predicted molar refractivity (Wildman–Crippen MR) is 228 cm³/mol. The van der Waals surface area contributed by atoms with Gasteiger partial charge in [-0.1, -0.05) is 75.3 Å². The number of phenols is 2. The highest BCUT2D eigenvalue weighted by Gasteiger charge is 2.59. The number of aromatic hydroxyl groups is 2. The monoisotopic (exact) mass is 830 g/mol. The van der Waals surface area contributed by atoms with Crippen molar-refractivity contribution in [1.82, 2.24) is 0 Å². The van der Waals surface area contributed by atoms with Crippen LogP contribution in [0.2, 0.25) is 0 Å². The van der Waals surface area contributed by atoms with Crippen LogP contribution >= 0.6 is 0 Å². The third-order valence-corrected chi connectivity index (χ3v) is 14.4. The second-order valence-electron chi connectivity index (χ2n) is 18.1. The van der Waals surface area contributed by atoms with Crippen molar-refractivity contribution in [3.05, 3.63) is 99.1 Å². The number of unbranched alkanes of at least 4 members (excludes halogenated alkanes) is 2. The van der Waals surface area contributed by atoms with E-state index in [2.05, 4.69) is 18.8 Å². The zero-order valence-electron chi connectivity index (χ0n) is 35.2. The Hall–Kier alpha value is -4.95. The largest absolute Gasteiger partial charge is 0.508 e. The van der Waals surface area contributed by atoms with Crippen LogP contribution in [-0.4, -0.2) is 61.1 Å². The van der Waals surface area contributed by atoms with Gasteiger partial charge >= 0.3 is 11.9 Å². The Morgan fingerprint density at radius 2 is 1.64 bits per heavy atom. The van der Waals surface area contributed by atoms with Gasteiger partial charge in [0.1, 0.15) is 34.7 Å². The quantitative estimate of drug-likeness (QED) is 0.0710. The summed E-state index contributed by atoms with van der Waals surface area (Å²) < 4.78 is 12.3. The van der Waals surface area contributed by atoms with Gasteiger partial charge in [0.25, 0.3) is 0 Å². The van der Waals surface area contributed by atoms with Crippen molar-refractivity contribution < 1.29 is 49.4 Å². The molecule has 2 fully saturated rings. The van der Waals surface area contributed by atoms with Crippen molar-refractivity contribution in [2.75, 3.05) is 0 Å². The molecular weight excluding hydrogens is 773 g/mol. The zero-order chi connectivity index (χ0) is 43.0. The lowest BCUT2D eigenvalue weighted by Gasteiger charge is -2.56. The molecule has 5 N–H and O–H groups in total. The average Bonchev–Trinajstić information content (AvgIpc) is 3.23. The summed E-state index contributed by atoms with van der Waals surface area (Å²) in [5.74, 6) is 2.85. The number of rotatable bonds is 7. The van der Waals surface area contributed by atoms with Gasteiger partial charge in [-0.25, -0.2) is 4.79 Å². The molecule has 0 aromatic heterocycles. The van der Waals surface area contributed by atoms with Gasteiger partial charge < -0.3 is 35.0 Å². The Morgan fingerprint density at radius 1 is 0.852 bits per heavy atom. The maximum atomic E-state index is 15.1. The lowest BCUT2D eigenvalue weighted by molar-refractivity contribution is -0.212. The first-order valence-electron chi connectivity index (χ1n) is 22.4. The van der Waals surface area contributed by atoms with Crippen LogP contribution in [0.5, 0.6) is 17.2 Å². The first kappa shape index (κ1) is 42.7. The summed E-state index contributed by atoms with van der Waals surface area (Å²) in [7, 11) is 0. The highest BCUT2D eigenvalue weighted by Crippen LogP contribution is 2.54. The molecule has 2 saturated carbocycles. The summed E-state index contributed by atoms with van der Waals surface area (Å²) in [6.45, 7) is 3.78. The number of aliphatic hydroxyl groups excluding tert-OH is 2. The van der Waals surface area contributed by atoms with Gasteiger partial charge in [-0.2, -0.15) is 0 Å². The molecule has 10 heteroatoms. The molecule has 8 rings (SSSR count). The average molecular weight is 831 g/mol. The first-order valence-corrected chi connectivity index (χ1v) is 22.4. The highest BCUT2D eigenvalue weighted by atomic mass is 16.6. The molecular formula is C51H58O10. The molecule has 3 aromatic carbocycles. The number of aliphatic hydroxyl groups is 3. The van der Waals surface area contributed by atoms with E-state index in [9.17, 15) is 35.1 Å². The molecule has 9 atom stereocenters. The number of ether oxygens (including phenoxy) is 2. The van der Waals surface area contributed by atoms with E-state index in [1.807, 2.05) is 31.2 Å². The lowest BCUT2D eigenvalue weighted by Crippen LogP contribution is -2.63. The number of Topliss-reactive ketones (excluding diaryl/α,β-unsaturated/α-hetero) is 1. The Kier molecular flexibility index (Phi) is 12.5. The van der Waals surface area contributed by atoms with E-state index in [4.69, 9.17) is 9.47 Å². The Bertz CT molecular complexity index is 2280. The third-order valence-electron chi connectivity index (χ3n) is 14.4. The number of carbonyl (C=O) groups is 3. The number of phenolic OH excluding ortho intramolecular Hbond substituents is 2. The lowest BCUT2D eigenvalue weighted by atomic mass is 9.53. The number of benzene rings is 3. The molecule has 10 bridgehead atoms. The van der Waals surface area contributed by atoms with Crippen LogP contribution in [0, 0.1) is 35.5 Å². The van der Waals surface area contributed by atoms with Crippen LogP contribution < -0.4 is 4.74 Å². The van der Waals surface area contributed by atoms with Crippen LogP contribution in [0.1, 0.15) is 129 Å². The van der Waals surface area contributed by atoms with E-state index in [0.717, 1.165) is 36.8 Å². The van der Waals surface area contributed by atoms with Crippen molar-refractivity contribution in [2.24, 2.45) is 23.7 Å². The van der Waals surface area contributed by atoms with Gasteiger partial charge in [0.2, 0.25) is 0 Å². The van der Waals surface area contributed by atoms with Gasteiger partial charge in [0, 0.05) is 48.3 Å². The van der Waals surface area contributed by atoms with E-state index in [-0.39, 0.29) is 85.1 Å². The number of ketones is 1. The van der Waals surface area contributed by atoms with E-state index in [1.165, 1.54) is 12.1 Å². The molecule has 3 aliphatic heterocycles. The Labute approximate surface area is 358 Å². The summed E-state index contributed by atoms with van der Waals surface area (Å²) in [6, 6.07) is 14.4. The van der Waals surface area contributed by atoms with Crippen molar-refractivity contribution >= 4 is 17.7 Å². The van der Waals surface area contributed by atoms with Gasteiger partial charge in [-0.15, -0.1) is 0 Å².